The van der Waals surface area contributed by atoms with E-state index in [2.05, 4.69) is 24.3 Å². The largest absolute Gasteiger partial charge is 0.339 e. The summed E-state index contributed by atoms with van der Waals surface area (Å²) in [7, 11) is 0. The molecule has 0 saturated heterocycles. The van der Waals surface area contributed by atoms with Crippen LogP contribution >= 0.6 is 0 Å². The van der Waals surface area contributed by atoms with E-state index in [9.17, 15) is 0 Å². The molecule has 2 aliphatic carbocycles. The Morgan fingerprint density at radius 3 is 2.50 bits per heavy atom. The molecule has 1 heterocycles. The zero-order valence-electron chi connectivity index (χ0n) is 12.8. The molecule has 2 saturated carbocycles. The lowest BCUT2D eigenvalue weighted by Gasteiger charge is -2.26. The molecule has 0 amide bonds. The van der Waals surface area contributed by atoms with Crippen molar-refractivity contribution in [3.05, 3.63) is 11.7 Å². The van der Waals surface area contributed by atoms with Crippen LogP contribution in [0.25, 0.3) is 0 Å². The summed E-state index contributed by atoms with van der Waals surface area (Å²) in [5.41, 5.74) is 0. The first-order valence-corrected chi connectivity index (χ1v) is 8.33. The molecule has 112 valence electrons. The molecule has 0 radical (unpaired) electrons. The van der Waals surface area contributed by atoms with Crippen LogP contribution in [-0.4, -0.2) is 22.7 Å². The van der Waals surface area contributed by atoms with Gasteiger partial charge in [-0.2, -0.15) is 4.98 Å². The van der Waals surface area contributed by atoms with Crippen molar-refractivity contribution in [2.75, 3.05) is 6.54 Å². The van der Waals surface area contributed by atoms with Crippen molar-refractivity contribution in [2.45, 2.75) is 76.7 Å². The molecule has 4 nitrogen and oxygen atoms in total. The van der Waals surface area contributed by atoms with Gasteiger partial charge in [0.2, 0.25) is 5.89 Å². The highest BCUT2D eigenvalue weighted by atomic mass is 16.5. The summed E-state index contributed by atoms with van der Waals surface area (Å²) >= 11 is 0. The smallest absolute Gasteiger partial charge is 0.229 e. The van der Waals surface area contributed by atoms with Crippen LogP contribution in [0.15, 0.2) is 4.52 Å². The molecular formula is C16H27N3O. The molecule has 2 aliphatic rings. The van der Waals surface area contributed by atoms with Gasteiger partial charge in [-0.15, -0.1) is 0 Å². The number of nitrogens with zero attached hydrogens (tertiary/aromatic N) is 2. The van der Waals surface area contributed by atoms with E-state index in [-0.39, 0.29) is 0 Å². The minimum absolute atomic E-state index is 0.491. The van der Waals surface area contributed by atoms with Crippen LogP contribution in [0.2, 0.25) is 0 Å². The van der Waals surface area contributed by atoms with Gasteiger partial charge in [0.05, 0.1) is 0 Å². The van der Waals surface area contributed by atoms with Gasteiger partial charge in [0.1, 0.15) is 0 Å². The molecule has 1 aromatic rings. The first-order chi connectivity index (χ1) is 9.76. The van der Waals surface area contributed by atoms with Gasteiger partial charge in [-0.25, -0.2) is 0 Å². The summed E-state index contributed by atoms with van der Waals surface area (Å²) in [6.07, 6.45) is 8.59. The van der Waals surface area contributed by atoms with Gasteiger partial charge in [-0.1, -0.05) is 19.0 Å². The lowest BCUT2D eigenvalue weighted by molar-refractivity contribution is 0.283. The number of nitrogens with one attached hydrogen (secondary N) is 1. The van der Waals surface area contributed by atoms with Gasteiger partial charge in [-0.05, 0) is 57.4 Å². The molecule has 1 N–H and O–H groups in total. The molecule has 2 fully saturated rings. The third-order valence-corrected chi connectivity index (χ3v) is 5.09. The van der Waals surface area contributed by atoms with E-state index in [4.69, 9.17) is 9.51 Å². The lowest BCUT2D eigenvalue weighted by atomic mass is 9.86. The minimum Gasteiger partial charge on any atom is -0.339 e. The van der Waals surface area contributed by atoms with E-state index in [1.807, 2.05) is 0 Å². The zero-order valence-corrected chi connectivity index (χ0v) is 12.8. The van der Waals surface area contributed by atoms with Crippen molar-refractivity contribution in [1.82, 2.24) is 15.5 Å². The third kappa shape index (κ3) is 3.05. The van der Waals surface area contributed by atoms with Gasteiger partial charge in [0.15, 0.2) is 5.82 Å². The predicted molar refractivity (Wildman–Crippen MR) is 78.7 cm³/mol. The van der Waals surface area contributed by atoms with Crippen molar-refractivity contribution in [2.24, 2.45) is 5.92 Å². The maximum atomic E-state index is 5.57. The lowest BCUT2D eigenvalue weighted by Crippen LogP contribution is -2.32. The molecule has 0 aliphatic heterocycles. The van der Waals surface area contributed by atoms with Crippen molar-refractivity contribution in [3.63, 3.8) is 0 Å². The van der Waals surface area contributed by atoms with Crippen LogP contribution in [0.4, 0.5) is 0 Å². The van der Waals surface area contributed by atoms with Crippen LogP contribution in [0, 0.1) is 5.92 Å². The minimum atomic E-state index is 0.491. The first kappa shape index (κ1) is 14.1. The second kappa shape index (κ2) is 6.25. The first-order valence-electron chi connectivity index (χ1n) is 8.33. The Kier molecular flexibility index (Phi) is 4.39. The summed E-state index contributed by atoms with van der Waals surface area (Å²) in [5, 5.41) is 7.81. The van der Waals surface area contributed by atoms with E-state index >= 15 is 0 Å². The van der Waals surface area contributed by atoms with Crippen molar-refractivity contribution >= 4 is 0 Å². The highest BCUT2D eigenvalue weighted by Crippen LogP contribution is 2.38. The van der Waals surface area contributed by atoms with E-state index in [1.54, 1.807) is 0 Å². The summed E-state index contributed by atoms with van der Waals surface area (Å²) in [6.45, 7) is 5.57. The van der Waals surface area contributed by atoms with Crippen molar-refractivity contribution in [1.29, 1.82) is 0 Å². The highest BCUT2D eigenvalue weighted by Gasteiger charge is 2.30. The number of rotatable bonds is 4. The van der Waals surface area contributed by atoms with E-state index in [0.717, 1.165) is 24.2 Å². The van der Waals surface area contributed by atoms with Crippen LogP contribution in [0.1, 0.15) is 82.3 Å². The Hall–Kier alpha value is -0.900. The third-order valence-electron chi connectivity index (χ3n) is 5.09. The molecular weight excluding hydrogens is 250 g/mol. The van der Waals surface area contributed by atoms with Crippen molar-refractivity contribution in [3.8, 4) is 0 Å². The Morgan fingerprint density at radius 1 is 1.10 bits per heavy atom. The van der Waals surface area contributed by atoms with Crippen LogP contribution in [-0.2, 0) is 0 Å². The summed E-state index contributed by atoms with van der Waals surface area (Å²) in [6, 6.07) is 0.689. The summed E-state index contributed by atoms with van der Waals surface area (Å²) in [5.74, 6) is 3.72. The predicted octanol–water partition coefficient (Wildman–Crippen LogP) is 3.61. The molecule has 2 atom stereocenters. The summed E-state index contributed by atoms with van der Waals surface area (Å²) in [4.78, 5) is 4.72. The Morgan fingerprint density at radius 2 is 1.85 bits per heavy atom. The van der Waals surface area contributed by atoms with E-state index in [0.29, 0.717) is 17.9 Å². The second-order valence-electron chi connectivity index (χ2n) is 6.71. The highest BCUT2D eigenvalue weighted by molar-refractivity contribution is 5.03. The quantitative estimate of drug-likeness (QED) is 0.913. The molecule has 0 bridgehead atoms. The fourth-order valence-electron chi connectivity index (χ4n) is 3.85. The normalized spacial score (nSPS) is 34.5. The maximum absolute atomic E-state index is 5.57. The van der Waals surface area contributed by atoms with Crippen LogP contribution < -0.4 is 5.32 Å². The van der Waals surface area contributed by atoms with Crippen molar-refractivity contribution < 1.29 is 4.52 Å². The Bertz CT molecular complexity index is 423. The fourth-order valence-corrected chi connectivity index (χ4v) is 3.85. The molecule has 1 aromatic heterocycles. The average Bonchev–Trinajstić information content (AvgIpc) is 3.09. The molecule has 4 heteroatoms. The van der Waals surface area contributed by atoms with Crippen LogP contribution in [0.5, 0.6) is 0 Å². The molecule has 3 rings (SSSR count). The standard InChI is InChI=1S/C16H27N3O/c1-3-17-14-8-6-12(7-9-14)16-18-15(19-20-16)13-5-4-11(2)10-13/h11-14,17H,3-10H2,1-2H3. The van der Waals surface area contributed by atoms with Gasteiger partial charge < -0.3 is 9.84 Å². The topological polar surface area (TPSA) is 51.0 Å². The monoisotopic (exact) mass is 277 g/mol. The molecule has 0 aromatic carbocycles. The average molecular weight is 277 g/mol. The number of aromatic nitrogens is 2. The zero-order chi connectivity index (χ0) is 13.9. The fraction of sp³-hybridized carbons (Fsp3) is 0.875. The SMILES string of the molecule is CCNC1CCC(c2nc(C3CCC(C)C3)no2)CC1. The summed E-state index contributed by atoms with van der Waals surface area (Å²) < 4.78 is 5.57. The van der Waals surface area contributed by atoms with Gasteiger partial charge >= 0.3 is 0 Å². The van der Waals surface area contributed by atoms with Gasteiger partial charge in [0, 0.05) is 17.9 Å². The van der Waals surface area contributed by atoms with Gasteiger partial charge in [0.25, 0.3) is 0 Å². The maximum Gasteiger partial charge on any atom is 0.229 e. The van der Waals surface area contributed by atoms with E-state index in [1.165, 1.54) is 44.9 Å². The Balaban J connectivity index is 1.57. The number of hydrogen-bond donors (Lipinski definition) is 1. The van der Waals surface area contributed by atoms with Crippen LogP contribution in [0.3, 0.4) is 0 Å². The van der Waals surface area contributed by atoms with E-state index < -0.39 is 0 Å². The number of hydrogen-bond acceptors (Lipinski definition) is 4. The van der Waals surface area contributed by atoms with Gasteiger partial charge in [-0.3, -0.25) is 0 Å². The second-order valence-corrected chi connectivity index (χ2v) is 6.71. The molecule has 2 unspecified atom stereocenters. The Labute approximate surface area is 121 Å². The molecule has 0 spiro atoms. The molecule has 20 heavy (non-hydrogen) atoms.